The fourth-order valence-corrected chi connectivity index (χ4v) is 5.22. The van der Waals surface area contributed by atoms with Crippen molar-refractivity contribution >= 4 is 20.0 Å². The maximum absolute atomic E-state index is 12.4. The van der Waals surface area contributed by atoms with Crippen molar-refractivity contribution in [3.63, 3.8) is 0 Å². The van der Waals surface area contributed by atoms with E-state index in [1.165, 1.54) is 14.1 Å². The molecule has 1 rings (SSSR count). The lowest BCUT2D eigenvalue weighted by atomic mass is 10.1. The molecule has 1 N–H and O–H groups in total. The molecule has 0 aromatic carbocycles. The van der Waals surface area contributed by atoms with Crippen LogP contribution in [0.2, 0.25) is 0 Å². The third-order valence-electron chi connectivity index (χ3n) is 3.64. The summed E-state index contributed by atoms with van der Waals surface area (Å²) in [6.45, 7) is 3.81. The molecule has 0 unspecified atom stereocenters. The van der Waals surface area contributed by atoms with Crippen molar-refractivity contribution in [3.8, 4) is 0 Å². The largest absolute Gasteiger partial charge is 0.314 e. The molecule has 1 fully saturated rings. The third kappa shape index (κ3) is 5.48. The van der Waals surface area contributed by atoms with Crippen LogP contribution in [0, 0.1) is 0 Å². The number of piperazine rings is 1. The Balaban J connectivity index is 2.63. The molecule has 1 saturated heterocycles. The van der Waals surface area contributed by atoms with Gasteiger partial charge in [-0.05, 0) is 12.8 Å². The number of hydrogen-bond acceptors (Lipinski definition) is 5. The van der Waals surface area contributed by atoms with E-state index < -0.39 is 20.0 Å². The summed E-state index contributed by atoms with van der Waals surface area (Å²) in [6, 6.07) is -0.0146. The van der Waals surface area contributed by atoms with Crippen LogP contribution in [0.3, 0.4) is 0 Å². The summed E-state index contributed by atoms with van der Waals surface area (Å²) in [5.41, 5.74) is 0. The molecule has 0 aliphatic carbocycles. The molecule has 1 atom stereocenters. The van der Waals surface area contributed by atoms with Gasteiger partial charge in [-0.2, -0.15) is 4.31 Å². The summed E-state index contributed by atoms with van der Waals surface area (Å²) in [6.07, 6.45) is 1.88. The second kappa shape index (κ2) is 7.87. The van der Waals surface area contributed by atoms with Crippen molar-refractivity contribution in [3.05, 3.63) is 0 Å². The Morgan fingerprint density at radius 1 is 1.19 bits per heavy atom. The lowest BCUT2D eigenvalue weighted by molar-refractivity contribution is 0.254. The van der Waals surface area contributed by atoms with Crippen molar-refractivity contribution in [2.24, 2.45) is 0 Å². The number of nitrogens with zero attached hydrogens (tertiary/aromatic N) is 2. The smallest absolute Gasteiger partial charge is 0.214 e. The topological polar surface area (TPSA) is 86.8 Å². The number of rotatable bonds is 8. The minimum Gasteiger partial charge on any atom is -0.314 e. The summed E-state index contributed by atoms with van der Waals surface area (Å²) in [7, 11) is -3.82. The molecule has 21 heavy (non-hydrogen) atoms. The highest BCUT2D eigenvalue weighted by molar-refractivity contribution is 7.90. The van der Waals surface area contributed by atoms with Gasteiger partial charge in [0.1, 0.15) is 0 Å². The molecule has 126 valence electrons. The van der Waals surface area contributed by atoms with Crippen LogP contribution >= 0.6 is 0 Å². The summed E-state index contributed by atoms with van der Waals surface area (Å²) >= 11 is 0. The standard InChI is InChI=1S/C12H27N3O4S2/c1-4-6-12-11-13-7-8-15(12)21(18,19)10-5-9-20(16,17)14(2)3/h12-13H,4-11H2,1-3H3/t12-/m1/s1. The quantitative estimate of drug-likeness (QED) is 0.653. The fraction of sp³-hybridized carbons (Fsp3) is 1.00. The van der Waals surface area contributed by atoms with E-state index in [2.05, 4.69) is 5.32 Å². The Hall–Kier alpha value is -0.220. The first-order valence-electron chi connectivity index (χ1n) is 7.31. The van der Waals surface area contributed by atoms with Gasteiger partial charge in [-0.1, -0.05) is 13.3 Å². The predicted octanol–water partition coefficient (Wildman–Crippen LogP) is -0.328. The maximum Gasteiger partial charge on any atom is 0.214 e. The second-order valence-corrected chi connectivity index (χ2v) is 9.87. The minimum absolute atomic E-state index is 0.0146. The Kier molecular flexibility index (Phi) is 7.05. The van der Waals surface area contributed by atoms with Crippen molar-refractivity contribution in [1.29, 1.82) is 0 Å². The van der Waals surface area contributed by atoms with Gasteiger partial charge in [0.15, 0.2) is 0 Å². The average Bonchev–Trinajstić information content (AvgIpc) is 2.39. The summed E-state index contributed by atoms with van der Waals surface area (Å²) in [4.78, 5) is 0. The molecule has 0 saturated carbocycles. The van der Waals surface area contributed by atoms with Gasteiger partial charge in [-0.15, -0.1) is 0 Å². The summed E-state index contributed by atoms with van der Waals surface area (Å²) in [5.74, 6) is -0.246. The van der Waals surface area contributed by atoms with Crippen LogP contribution in [0.1, 0.15) is 26.2 Å². The van der Waals surface area contributed by atoms with Gasteiger partial charge >= 0.3 is 0 Å². The maximum atomic E-state index is 12.4. The van der Waals surface area contributed by atoms with Gasteiger partial charge in [0.2, 0.25) is 20.0 Å². The van der Waals surface area contributed by atoms with Crippen molar-refractivity contribution in [2.45, 2.75) is 32.2 Å². The number of hydrogen-bond donors (Lipinski definition) is 1. The van der Waals surface area contributed by atoms with E-state index in [0.29, 0.717) is 19.6 Å². The van der Waals surface area contributed by atoms with Crippen LogP contribution in [0.15, 0.2) is 0 Å². The molecule has 0 aromatic heterocycles. The van der Waals surface area contributed by atoms with Gasteiger partial charge in [-0.25, -0.2) is 21.1 Å². The molecule has 1 heterocycles. The van der Waals surface area contributed by atoms with E-state index in [1.807, 2.05) is 6.92 Å². The van der Waals surface area contributed by atoms with Gasteiger partial charge in [0, 0.05) is 39.8 Å². The monoisotopic (exact) mass is 341 g/mol. The molecule has 0 radical (unpaired) electrons. The first kappa shape index (κ1) is 18.8. The zero-order chi connectivity index (χ0) is 16.1. The van der Waals surface area contributed by atoms with Gasteiger partial charge < -0.3 is 5.32 Å². The fourth-order valence-electron chi connectivity index (χ4n) is 2.41. The third-order valence-corrected chi connectivity index (χ3v) is 7.55. The van der Waals surface area contributed by atoms with E-state index in [-0.39, 0.29) is 24.0 Å². The summed E-state index contributed by atoms with van der Waals surface area (Å²) in [5, 5.41) is 3.21. The highest BCUT2D eigenvalue weighted by Gasteiger charge is 2.31. The Labute approximate surface area is 128 Å². The van der Waals surface area contributed by atoms with E-state index >= 15 is 0 Å². The van der Waals surface area contributed by atoms with Crippen LogP contribution in [0.4, 0.5) is 0 Å². The normalized spacial score (nSPS) is 21.8. The molecular formula is C12H27N3O4S2. The SMILES string of the molecule is CCC[C@@H]1CNCCN1S(=O)(=O)CCCS(=O)(=O)N(C)C. The lowest BCUT2D eigenvalue weighted by Crippen LogP contribution is -2.54. The van der Waals surface area contributed by atoms with Gasteiger partial charge in [0.25, 0.3) is 0 Å². The molecule has 9 heteroatoms. The molecule has 0 aromatic rings. The Morgan fingerprint density at radius 2 is 1.86 bits per heavy atom. The molecule has 7 nitrogen and oxygen atoms in total. The van der Waals surface area contributed by atoms with Crippen LogP contribution in [0.5, 0.6) is 0 Å². The second-order valence-electron chi connectivity index (χ2n) is 5.53. The molecule has 0 bridgehead atoms. The average molecular weight is 341 g/mol. The first-order valence-corrected chi connectivity index (χ1v) is 10.5. The van der Waals surface area contributed by atoms with Gasteiger partial charge in [-0.3, -0.25) is 0 Å². The van der Waals surface area contributed by atoms with Crippen LogP contribution in [-0.4, -0.2) is 76.7 Å². The van der Waals surface area contributed by atoms with E-state index in [9.17, 15) is 16.8 Å². The van der Waals surface area contributed by atoms with Crippen molar-refractivity contribution < 1.29 is 16.8 Å². The Morgan fingerprint density at radius 3 is 2.43 bits per heavy atom. The molecule has 1 aliphatic rings. The van der Waals surface area contributed by atoms with Crippen molar-refractivity contribution in [2.75, 3.05) is 45.2 Å². The minimum atomic E-state index is -3.39. The summed E-state index contributed by atoms with van der Waals surface area (Å²) < 4.78 is 50.8. The van der Waals surface area contributed by atoms with Crippen LogP contribution in [0.25, 0.3) is 0 Å². The van der Waals surface area contributed by atoms with Crippen molar-refractivity contribution in [1.82, 2.24) is 13.9 Å². The number of sulfonamides is 2. The van der Waals surface area contributed by atoms with E-state index in [0.717, 1.165) is 17.1 Å². The van der Waals surface area contributed by atoms with Gasteiger partial charge in [0.05, 0.1) is 11.5 Å². The highest BCUT2D eigenvalue weighted by Crippen LogP contribution is 2.16. The molecular weight excluding hydrogens is 314 g/mol. The Bertz CT molecular complexity index is 515. The number of nitrogens with one attached hydrogen (secondary N) is 1. The zero-order valence-corrected chi connectivity index (χ0v) is 14.7. The van der Waals surface area contributed by atoms with Crippen LogP contribution in [-0.2, 0) is 20.0 Å². The molecule has 0 amide bonds. The zero-order valence-electron chi connectivity index (χ0n) is 13.1. The lowest BCUT2D eigenvalue weighted by Gasteiger charge is -2.35. The molecule has 0 spiro atoms. The van der Waals surface area contributed by atoms with E-state index in [1.54, 1.807) is 4.31 Å². The molecule has 1 aliphatic heterocycles. The first-order chi connectivity index (χ1) is 9.70. The predicted molar refractivity (Wildman–Crippen MR) is 84.1 cm³/mol. The van der Waals surface area contributed by atoms with E-state index in [4.69, 9.17) is 0 Å². The van der Waals surface area contributed by atoms with Crippen LogP contribution < -0.4 is 5.32 Å². The highest BCUT2D eigenvalue weighted by atomic mass is 32.2.